The van der Waals surface area contributed by atoms with Crippen molar-refractivity contribution in [2.24, 2.45) is 0 Å². The summed E-state index contributed by atoms with van der Waals surface area (Å²) in [4.78, 5) is 0.945. The Morgan fingerprint density at radius 2 is 2.00 bits per heavy atom. The number of ether oxygens (including phenoxy) is 1. The summed E-state index contributed by atoms with van der Waals surface area (Å²) in [7, 11) is 0. The second kappa shape index (κ2) is 7.16. The molecule has 2 aromatic carbocycles. The van der Waals surface area contributed by atoms with E-state index in [1.165, 1.54) is 0 Å². The number of nitrogens with zero attached hydrogens (tertiary/aromatic N) is 1. The summed E-state index contributed by atoms with van der Waals surface area (Å²) >= 11 is 8.49. The average Bonchev–Trinajstić information content (AvgIpc) is 2.42. The standard InChI is InChI=1S/C15H11Br2NOS/c1-2-20-15-5-3-4-13(11(15)9-18)19-14-7-6-10(16)8-12(14)17/h3-8H,2H2,1H3. The highest BCUT2D eigenvalue weighted by Gasteiger charge is 2.11. The molecule has 2 nitrogen and oxygen atoms in total. The molecule has 20 heavy (non-hydrogen) atoms. The molecule has 0 unspecified atom stereocenters. The second-order valence-electron chi connectivity index (χ2n) is 3.85. The normalized spacial score (nSPS) is 10.1. The number of rotatable bonds is 4. The zero-order valence-corrected chi connectivity index (χ0v) is 14.7. The highest BCUT2D eigenvalue weighted by molar-refractivity contribution is 9.11. The van der Waals surface area contributed by atoms with Gasteiger partial charge in [-0.15, -0.1) is 11.8 Å². The highest BCUT2D eigenvalue weighted by Crippen LogP contribution is 2.36. The smallest absolute Gasteiger partial charge is 0.146 e. The maximum Gasteiger partial charge on any atom is 0.146 e. The molecule has 102 valence electrons. The minimum Gasteiger partial charge on any atom is -0.455 e. The fraction of sp³-hybridized carbons (Fsp3) is 0.133. The van der Waals surface area contributed by atoms with E-state index in [1.807, 2.05) is 36.4 Å². The molecule has 0 amide bonds. The monoisotopic (exact) mass is 411 g/mol. The van der Waals surface area contributed by atoms with Crippen molar-refractivity contribution in [2.75, 3.05) is 5.75 Å². The van der Waals surface area contributed by atoms with Crippen LogP contribution in [0.2, 0.25) is 0 Å². The molecule has 0 heterocycles. The zero-order chi connectivity index (χ0) is 14.5. The molecule has 0 N–H and O–H groups in total. The van der Waals surface area contributed by atoms with Gasteiger partial charge in [-0.2, -0.15) is 5.26 Å². The molecule has 0 aliphatic carbocycles. The maximum atomic E-state index is 9.35. The van der Waals surface area contributed by atoms with E-state index in [0.717, 1.165) is 19.6 Å². The first-order valence-corrected chi connectivity index (χ1v) is 8.51. The summed E-state index contributed by atoms with van der Waals surface area (Å²) in [6.07, 6.45) is 0. The molecule has 0 saturated heterocycles. The molecule has 2 rings (SSSR count). The van der Waals surface area contributed by atoms with Crippen LogP contribution in [0.15, 0.2) is 50.2 Å². The summed E-state index contributed by atoms with van der Waals surface area (Å²) in [5.74, 6) is 2.18. The van der Waals surface area contributed by atoms with Crippen LogP contribution in [0.1, 0.15) is 12.5 Å². The predicted octanol–water partition coefficient (Wildman–Crippen LogP) is 5.99. The van der Waals surface area contributed by atoms with E-state index in [4.69, 9.17) is 4.74 Å². The van der Waals surface area contributed by atoms with Gasteiger partial charge in [-0.1, -0.05) is 28.9 Å². The average molecular weight is 413 g/mol. The highest BCUT2D eigenvalue weighted by atomic mass is 79.9. The first-order valence-electron chi connectivity index (χ1n) is 5.94. The van der Waals surface area contributed by atoms with Gasteiger partial charge in [-0.3, -0.25) is 0 Å². The van der Waals surface area contributed by atoms with Gasteiger partial charge in [0.1, 0.15) is 23.1 Å². The Bertz CT molecular complexity index is 667. The van der Waals surface area contributed by atoms with Crippen LogP contribution in [-0.4, -0.2) is 5.75 Å². The largest absolute Gasteiger partial charge is 0.455 e. The van der Waals surface area contributed by atoms with Crippen LogP contribution in [0.5, 0.6) is 11.5 Å². The van der Waals surface area contributed by atoms with Crippen molar-refractivity contribution in [3.63, 3.8) is 0 Å². The molecule has 0 fully saturated rings. The lowest BCUT2D eigenvalue weighted by atomic mass is 10.2. The number of hydrogen-bond donors (Lipinski definition) is 0. The third-order valence-electron chi connectivity index (χ3n) is 2.51. The van der Waals surface area contributed by atoms with E-state index >= 15 is 0 Å². The minimum absolute atomic E-state index is 0.578. The van der Waals surface area contributed by atoms with Crippen LogP contribution in [0.25, 0.3) is 0 Å². The number of halogens is 2. The van der Waals surface area contributed by atoms with E-state index in [1.54, 1.807) is 11.8 Å². The lowest BCUT2D eigenvalue weighted by Crippen LogP contribution is -1.91. The fourth-order valence-corrected chi connectivity index (χ4v) is 3.56. The van der Waals surface area contributed by atoms with E-state index in [2.05, 4.69) is 44.9 Å². The fourth-order valence-electron chi connectivity index (χ4n) is 1.66. The summed E-state index contributed by atoms with van der Waals surface area (Å²) in [5.41, 5.74) is 0.578. The molecule has 0 spiro atoms. The van der Waals surface area contributed by atoms with Gasteiger partial charge < -0.3 is 4.74 Å². The molecule has 0 saturated carbocycles. The number of nitriles is 1. The number of hydrogen-bond acceptors (Lipinski definition) is 3. The Morgan fingerprint density at radius 3 is 2.65 bits per heavy atom. The SMILES string of the molecule is CCSc1cccc(Oc2ccc(Br)cc2Br)c1C#N. The van der Waals surface area contributed by atoms with E-state index < -0.39 is 0 Å². The molecule has 5 heteroatoms. The van der Waals surface area contributed by atoms with Gasteiger partial charge in [0.05, 0.1) is 4.47 Å². The third kappa shape index (κ3) is 3.57. The summed E-state index contributed by atoms with van der Waals surface area (Å²) in [5, 5.41) is 9.35. The van der Waals surface area contributed by atoms with Crippen molar-refractivity contribution in [2.45, 2.75) is 11.8 Å². The Hall–Kier alpha value is -0.960. The summed E-state index contributed by atoms with van der Waals surface area (Å²) in [6.45, 7) is 2.06. The summed E-state index contributed by atoms with van der Waals surface area (Å²) in [6, 6.07) is 13.6. The second-order valence-corrected chi connectivity index (χ2v) is 6.93. The van der Waals surface area contributed by atoms with Gasteiger partial charge in [0.2, 0.25) is 0 Å². The van der Waals surface area contributed by atoms with E-state index in [9.17, 15) is 5.26 Å². The van der Waals surface area contributed by atoms with Crippen molar-refractivity contribution in [3.05, 3.63) is 50.9 Å². The molecule has 0 aliphatic rings. The molecule has 0 aromatic heterocycles. The van der Waals surface area contributed by atoms with Gasteiger partial charge in [-0.05, 0) is 52.0 Å². The van der Waals surface area contributed by atoms with Crippen LogP contribution in [0.4, 0.5) is 0 Å². The van der Waals surface area contributed by atoms with Crippen molar-refractivity contribution in [1.82, 2.24) is 0 Å². The van der Waals surface area contributed by atoms with Crippen molar-refractivity contribution in [3.8, 4) is 17.6 Å². The van der Waals surface area contributed by atoms with Gasteiger partial charge in [0.15, 0.2) is 0 Å². The van der Waals surface area contributed by atoms with Gasteiger partial charge in [-0.25, -0.2) is 0 Å². The van der Waals surface area contributed by atoms with Crippen molar-refractivity contribution in [1.29, 1.82) is 5.26 Å². The van der Waals surface area contributed by atoms with Crippen LogP contribution < -0.4 is 4.74 Å². The molecule has 0 radical (unpaired) electrons. The van der Waals surface area contributed by atoms with Gasteiger partial charge >= 0.3 is 0 Å². The van der Waals surface area contributed by atoms with E-state index in [-0.39, 0.29) is 0 Å². The predicted molar refractivity (Wildman–Crippen MR) is 89.5 cm³/mol. The Morgan fingerprint density at radius 1 is 1.20 bits per heavy atom. The van der Waals surface area contributed by atoms with Gasteiger partial charge in [0, 0.05) is 9.37 Å². The Labute approximate surface area is 139 Å². The first kappa shape index (κ1) is 15.4. The Kier molecular flexibility index (Phi) is 5.53. The quantitative estimate of drug-likeness (QED) is 0.578. The molecule has 0 atom stereocenters. The summed E-state index contributed by atoms with van der Waals surface area (Å²) < 4.78 is 7.67. The third-order valence-corrected chi connectivity index (χ3v) is 4.57. The van der Waals surface area contributed by atoms with Crippen LogP contribution in [0.3, 0.4) is 0 Å². The molecule has 2 aromatic rings. The minimum atomic E-state index is 0.578. The van der Waals surface area contributed by atoms with Crippen LogP contribution >= 0.6 is 43.6 Å². The van der Waals surface area contributed by atoms with Crippen LogP contribution in [0, 0.1) is 11.3 Å². The van der Waals surface area contributed by atoms with E-state index in [0.29, 0.717) is 17.1 Å². The zero-order valence-electron chi connectivity index (χ0n) is 10.7. The van der Waals surface area contributed by atoms with Crippen molar-refractivity contribution < 1.29 is 4.74 Å². The number of benzene rings is 2. The topological polar surface area (TPSA) is 33.0 Å². The van der Waals surface area contributed by atoms with Gasteiger partial charge in [0.25, 0.3) is 0 Å². The molecule has 0 aliphatic heterocycles. The lowest BCUT2D eigenvalue weighted by molar-refractivity contribution is 0.476. The Balaban J connectivity index is 2.38. The molecule has 0 bridgehead atoms. The number of thioether (sulfide) groups is 1. The maximum absolute atomic E-state index is 9.35. The molecular formula is C15H11Br2NOS. The molecular weight excluding hydrogens is 402 g/mol. The van der Waals surface area contributed by atoms with Crippen LogP contribution in [-0.2, 0) is 0 Å². The van der Waals surface area contributed by atoms with Crippen molar-refractivity contribution >= 4 is 43.6 Å². The lowest BCUT2D eigenvalue weighted by Gasteiger charge is -2.11. The first-order chi connectivity index (χ1) is 9.65.